The van der Waals surface area contributed by atoms with Crippen molar-refractivity contribution in [3.63, 3.8) is 0 Å². The van der Waals surface area contributed by atoms with E-state index in [2.05, 4.69) is 18.3 Å². The van der Waals surface area contributed by atoms with Gasteiger partial charge < -0.3 is 10.4 Å². The van der Waals surface area contributed by atoms with Crippen LogP contribution in [0.2, 0.25) is 0 Å². The maximum absolute atomic E-state index is 9.59. The van der Waals surface area contributed by atoms with Gasteiger partial charge in [0.25, 0.3) is 0 Å². The van der Waals surface area contributed by atoms with Crippen molar-refractivity contribution in [2.24, 2.45) is 17.3 Å². The van der Waals surface area contributed by atoms with Gasteiger partial charge in [-0.15, -0.1) is 0 Å². The van der Waals surface area contributed by atoms with Crippen molar-refractivity contribution in [3.05, 3.63) is 29.8 Å². The van der Waals surface area contributed by atoms with Gasteiger partial charge in [0, 0.05) is 6.54 Å². The first kappa shape index (κ1) is 12.0. The van der Waals surface area contributed by atoms with E-state index in [4.69, 9.17) is 0 Å². The molecule has 18 heavy (non-hydrogen) atoms. The fourth-order valence-electron chi connectivity index (χ4n) is 3.85. The van der Waals surface area contributed by atoms with Crippen LogP contribution in [0.3, 0.4) is 0 Å². The quantitative estimate of drug-likeness (QED) is 0.836. The summed E-state index contributed by atoms with van der Waals surface area (Å²) in [6, 6.07) is 7.79. The van der Waals surface area contributed by atoms with Crippen molar-refractivity contribution in [2.45, 2.75) is 32.6 Å². The van der Waals surface area contributed by atoms with Crippen LogP contribution in [0.5, 0.6) is 5.75 Å². The lowest BCUT2D eigenvalue weighted by Gasteiger charge is -2.31. The van der Waals surface area contributed by atoms with E-state index < -0.39 is 0 Å². The molecule has 3 rings (SSSR count). The van der Waals surface area contributed by atoms with E-state index in [9.17, 15) is 5.11 Å². The summed E-state index contributed by atoms with van der Waals surface area (Å²) in [5, 5.41) is 13.1. The van der Waals surface area contributed by atoms with E-state index in [0.29, 0.717) is 11.2 Å². The average Bonchev–Trinajstić information content (AvgIpc) is 2.95. The minimum Gasteiger partial charge on any atom is -0.508 e. The van der Waals surface area contributed by atoms with Gasteiger partial charge in [-0.2, -0.15) is 0 Å². The summed E-state index contributed by atoms with van der Waals surface area (Å²) in [5.74, 6) is 2.40. The Hall–Kier alpha value is -1.02. The zero-order valence-electron chi connectivity index (χ0n) is 11.2. The molecule has 0 radical (unpaired) electrons. The van der Waals surface area contributed by atoms with Crippen LogP contribution in [-0.2, 0) is 6.42 Å². The van der Waals surface area contributed by atoms with Crippen LogP contribution in [0.15, 0.2) is 24.3 Å². The third kappa shape index (κ3) is 2.39. The largest absolute Gasteiger partial charge is 0.508 e. The van der Waals surface area contributed by atoms with Crippen molar-refractivity contribution in [2.75, 3.05) is 13.1 Å². The highest BCUT2D eigenvalue weighted by atomic mass is 16.3. The number of phenolic OH excluding ortho intramolecular Hbond substituents is 1. The fourth-order valence-corrected chi connectivity index (χ4v) is 3.85. The van der Waals surface area contributed by atoms with Crippen molar-refractivity contribution < 1.29 is 5.11 Å². The summed E-state index contributed by atoms with van der Waals surface area (Å²) in [6.07, 6.45) is 5.33. The Labute approximate surface area is 109 Å². The predicted molar refractivity (Wildman–Crippen MR) is 73.6 cm³/mol. The summed E-state index contributed by atoms with van der Waals surface area (Å²) in [5.41, 5.74) is 1.73. The van der Waals surface area contributed by atoms with Crippen LogP contribution >= 0.6 is 0 Å². The molecule has 2 atom stereocenters. The van der Waals surface area contributed by atoms with Gasteiger partial charge in [0.15, 0.2) is 0 Å². The van der Waals surface area contributed by atoms with Crippen LogP contribution in [0.1, 0.15) is 31.7 Å². The van der Waals surface area contributed by atoms with Crippen molar-refractivity contribution in [3.8, 4) is 5.75 Å². The Bertz CT molecular complexity index is 419. The molecule has 2 aliphatic rings. The van der Waals surface area contributed by atoms with Gasteiger partial charge in [0.1, 0.15) is 5.75 Å². The van der Waals surface area contributed by atoms with Crippen LogP contribution in [0.25, 0.3) is 0 Å². The predicted octanol–water partition coefficient (Wildman–Crippen LogP) is 2.96. The minimum atomic E-state index is 0.397. The number of hydrogen-bond donors (Lipinski definition) is 2. The van der Waals surface area contributed by atoms with Crippen LogP contribution in [0, 0.1) is 17.3 Å². The number of aromatic hydroxyl groups is 1. The molecule has 1 aromatic rings. The number of hydrogen-bond acceptors (Lipinski definition) is 2. The number of rotatable bonds is 5. The summed E-state index contributed by atoms with van der Waals surface area (Å²) in [7, 11) is 0. The molecule has 0 amide bonds. The zero-order chi connectivity index (χ0) is 12.6. The summed E-state index contributed by atoms with van der Waals surface area (Å²) >= 11 is 0. The Morgan fingerprint density at radius 2 is 2.11 bits per heavy atom. The SMILES string of the molecule is CCNCC1(Cc2cccc(O)c2)CC2CC2C1. The second-order valence-electron chi connectivity index (χ2n) is 6.29. The van der Waals surface area contributed by atoms with Crippen LogP contribution in [-0.4, -0.2) is 18.2 Å². The summed E-state index contributed by atoms with van der Waals surface area (Å²) in [6.45, 7) is 4.36. The van der Waals surface area contributed by atoms with Crippen molar-refractivity contribution in [1.82, 2.24) is 5.32 Å². The van der Waals surface area contributed by atoms with Gasteiger partial charge in [-0.05, 0) is 67.2 Å². The molecule has 0 heterocycles. The topological polar surface area (TPSA) is 32.3 Å². The molecule has 2 unspecified atom stereocenters. The molecule has 98 valence electrons. The molecular weight excluding hydrogens is 222 g/mol. The molecule has 2 N–H and O–H groups in total. The van der Waals surface area contributed by atoms with Gasteiger partial charge >= 0.3 is 0 Å². The molecule has 0 saturated heterocycles. The molecule has 2 saturated carbocycles. The third-order valence-corrected chi connectivity index (χ3v) is 4.70. The molecular formula is C16H23NO. The number of phenols is 1. The standard InChI is InChI=1S/C16H23NO/c1-2-17-11-16(9-13-7-14(13)10-16)8-12-4-3-5-15(18)6-12/h3-6,13-14,17-18H,2,7-11H2,1H3. The molecule has 0 spiro atoms. The van der Waals surface area contributed by atoms with Gasteiger partial charge in [0.05, 0.1) is 0 Å². The third-order valence-electron chi connectivity index (χ3n) is 4.70. The van der Waals surface area contributed by atoms with E-state index in [1.807, 2.05) is 12.1 Å². The first-order chi connectivity index (χ1) is 8.71. The first-order valence-electron chi connectivity index (χ1n) is 7.19. The summed E-state index contributed by atoms with van der Waals surface area (Å²) < 4.78 is 0. The normalized spacial score (nSPS) is 33.4. The van der Waals surface area contributed by atoms with Gasteiger partial charge in [-0.25, -0.2) is 0 Å². The highest BCUT2D eigenvalue weighted by molar-refractivity contribution is 5.28. The highest BCUT2D eigenvalue weighted by Gasteiger charge is 2.53. The van der Waals surface area contributed by atoms with E-state index >= 15 is 0 Å². The Kier molecular flexibility index (Phi) is 3.06. The maximum Gasteiger partial charge on any atom is 0.115 e. The number of benzene rings is 1. The van der Waals surface area contributed by atoms with Gasteiger partial charge in [-0.1, -0.05) is 19.1 Å². The van der Waals surface area contributed by atoms with Crippen molar-refractivity contribution in [1.29, 1.82) is 0 Å². The lowest BCUT2D eigenvalue weighted by atomic mass is 9.77. The van der Waals surface area contributed by atoms with Gasteiger partial charge in [-0.3, -0.25) is 0 Å². The molecule has 1 aromatic carbocycles. The second-order valence-corrected chi connectivity index (χ2v) is 6.29. The maximum atomic E-state index is 9.59. The molecule has 0 bridgehead atoms. The van der Waals surface area contributed by atoms with Gasteiger partial charge in [0.2, 0.25) is 0 Å². The molecule has 0 aliphatic heterocycles. The first-order valence-corrected chi connectivity index (χ1v) is 7.19. The smallest absolute Gasteiger partial charge is 0.115 e. The lowest BCUT2D eigenvalue weighted by molar-refractivity contribution is 0.250. The summed E-state index contributed by atoms with van der Waals surface area (Å²) in [4.78, 5) is 0. The second kappa shape index (κ2) is 4.58. The molecule has 2 fully saturated rings. The molecule has 2 heteroatoms. The molecule has 0 aromatic heterocycles. The highest BCUT2D eigenvalue weighted by Crippen LogP contribution is 2.60. The number of nitrogens with one attached hydrogen (secondary N) is 1. The molecule has 2 nitrogen and oxygen atoms in total. The van der Waals surface area contributed by atoms with E-state index in [-0.39, 0.29) is 0 Å². The fraction of sp³-hybridized carbons (Fsp3) is 0.625. The van der Waals surface area contributed by atoms with Crippen LogP contribution in [0.4, 0.5) is 0 Å². The van der Waals surface area contributed by atoms with E-state index in [1.54, 1.807) is 6.07 Å². The Morgan fingerprint density at radius 1 is 1.33 bits per heavy atom. The van der Waals surface area contributed by atoms with E-state index in [0.717, 1.165) is 31.3 Å². The lowest BCUT2D eigenvalue weighted by Crippen LogP contribution is -2.35. The monoisotopic (exact) mass is 245 g/mol. The van der Waals surface area contributed by atoms with Crippen molar-refractivity contribution >= 4 is 0 Å². The Morgan fingerprint density at radius 3 is 2.78 bits per heavy atom. The molecule has 2 aliphatic carbocycles. The average molecular weight is 245 g/mol. The van der Waals surface area contributed by atoms with Crippen LogP contribution < -0.4 is 5.32 Å². The Balaban J connectivity index is 1.73. The van der Waals surface area contributed by atoms with E-state index in [1.165, 1.54) is 24.8 Å². The number of fused-ring (bicyclic) bond motifs is 1. The minimum absolute atomic E-state index is 0.397. The zero-order valence-corrected chi connectivity index (χ0v) is 11.2.